The second-order valence-corrected chi connectivity index (χ2v) is 5.44. The zero-order valence-corrected chi connectivity index (χ0v) is 13.4. The second kappa shape index (κ2) is 8.42. The lowest BCUT2D eigenvalue weighted by Gasteiger charge is -2.41. The molecule has 1 saturated heterocycles. The Morgan fingerprint density at radius 3 is 2.48 bits per heavy atom. The van der Waals surface area contributed by atoms with Crippen LogP contribution in [0, 0.1) is 0 Å². The molecule has 6 heteroatoms. The lowest BCUT2D eigenvalue weighted by molar-refractivity contribution is -0.299. The minimum atomic E-state index is -1.08. The topological polar surface area (TPSA) is 77.4 Å². The van der Waals surface area contributed by atoms with E-state index in [9.17, 15) is 10.2 Å². The summed E-state index contributed by atoms with van der Waals surface area (Å²) in [6, 6.07) is 7.39. The van der Waals surface area contributed by atoms with Gasteiger partial charge in [0.25, 0.3) is 0 Å². The first-order valence-electron chi connectivity index (χ1n) is 7.55. The molecule has 0 amide bonds. The van der Waals surface area contributed by atoms with Gasteiger partial charge in [0.05, 0.1) is 26.4 Å². The van der Waals surface area contributed by atoms with Crippen LogP contribution in [0.5, 0.6) is 5.75 Å². The number of benzene rings is 1. The summed E-state index contributed by atoms with van der Waals surface area (Å²) in [6.45, 7) is 5.77. The molecule has 5 atom stereocenters. The molecule has 1 fully saturated rings. The van der Waals surface area contributed by atoms with Crippen molar-refractivity contribution in [1.29, 1.82) is 0 Å². The number of ether oxygens (including phenoxy) is 4. The molecule has 0 saturated carbocycles. The van der Waals surface area contributed by atoms with Gasteiger partial charge in [-0.2, -0.15) is 0 Å². The van der Waals surface area contributed by atoms with Crippen LogP contribution >= 0.6 is 0 Å². The number of hydrogen-bond donors (Lipinski definition) is 2. The summed E-state index contributed by atoms with van der Waals surface area (Å²) < 4.78 is 21.7. The molecule has 2 N–H and O–H groups in total. The summed E-state index contributed by atoms with van der Waals surface area (Å²) in [4.78, 5) is 0. The molecule has 0 spiro atoms. The fourth-order valence-electron chi connectivity index (χ4n) is 2.41. The molecule has 0 bridgehead atoms. The zero-order chi connectivity index (χ0) is 16.8. The van der Waals surface area contributed by atoms with Crippen LogP contribution in [0.1, 0.15) is 12.5 Å². The molecular weight excluding hydrogens is 300 g/mol. The lowest BCUT2D eigenvalue weighted by Crippen LogP contribution is -2.58. The fraction of sp³-hybridized carbons (Fsp3) is 0.529. The minimum Gasteiger partial charge on any atom is -0.497 e. The molecule has 0 aliphatic carbocycles. The maximum absolute atomic E-state index is 10.3. The van der Waals surface area contributed by atoms with Crippen LogP contribution < -0.4 is 4.74 Å². The molecule has 2 rings (SSSR count). The fourth-order valence-corrected chi connectivity index (χ4v) is 2.41. The molecule has 1 heterocycles. The van der Waals surface area contributed by atoms with E-state index in [1.54, 1.807) is 20.1 Å². The van der Waals surface area contributed by atoms with Crippen LogP contribution in [0.2, 0.25) is 0 Å². The summed E-state index contributed by atoms with van der Waals surface area (Å²) in [7, 11) is 1.60. The zero-order valence-electron chi connectivity index (χ0n) is 13.4. The normalized spacial score (nSPS) is 30.9. The van der Waals surface area contributed by atoms with E-state index in [0.29, 0.717) is 0 Å². The Kier molecular flexibility index (Phi) is 6.56. The molecule has 0 aromatic heterocycles. The summed E-state index contributed by atoms with van der Waals surface area (Å²) >= 11 is 0. The molecule has 0 radical (unpaired) electrons. The third-order valence-corrected chi connectivity index (χ3v) is 3.76. The average molecular weight is 324 g/mol. The van der Waals surface area contributed by atoms with Gasteiger partial charge < -0.3 is 29.2 Å². The van der Waals surface area contributed by atoms with Gasteiger partial charge in [0.1, 0.15) is 24.1 Å². The maximum atomic E-state index is 10.3. The van der Waals surface area contributed by atoms with E-state index in [1.165, 1.54) is 0 Å². The highest BCUT2D eigenvalue weighted by molar-refractivity contribution is 5.26. The molecule has 1 aromatic carbocycles. The van der Waals surface area contributed by atoms with E-state index in [4.69, 9.17) is 18.9 Å². The molecule has 1 aliphatic heterocycles. The third-order valence-electron chi connectivity index (χ3n) is 3.76. The van der Waals surface area contributed by atoms with Crippen LogP contribution in [-0.2, 0) is 20.8 Å². The third kappa shape index (κ3) is 4.53. The maximum Gasteiger partial charge on any atom is 0.186 e. The lowest BCUT2D eigenvalue weighted by atomic mass is 9.99. The van der Waals surface area contributed by atoms with Crippen molar-refractivity contribution < 1.29 is 29.2 Å². The van der Waals surface area contributed by atoms with Gasteiger partial charge in [0.2, 0.25) is 0 Å². The van der Waals surface area contributed by atoms with Crippen LogP contribution in [0.25, 0.3) is 0 Å². The van der Waals surface area contributed by atoms with E-state index >= 15 is 0 Å². The number of hydrogen-bond acceptors (Lipinski definition) is 6. The van der Waals surface area contributed by atoms with E-state index < -0.39 is 30.7 Å². The van der Waals surface area contributed by atoms with Gasteiger partial charge in [-0.1, -0.05) is 18.2 Å². The molecule has 1 aliphatic rings. The highest BCUT2D eigenvalue weighted by Crippen LogP contribution is 2.25. The Morgan fingerprint density at radius 1 is 1.17 bits per heavy atom. The largest absolute Gasteiger partial charge is 0.497 e. The summed E-state index contributed by atoms with van der Waals surface area (Å²) in [5, 5.41) is 20.5. The first kappa shape index (κ1) is 17.9. The van der Waals surface area contributed by atoms with Gasteiger partial charge >= 0.3 is 0 Å². The van der Waals surface area contributed by atoms with Crippen molar-refractivity contribution in [3.8, 4) is 5.75 Å². The minimum absolute atomic E-state index is 0.246. The Morgan fingerprint density at radius 2 is 1.87 bits per heavy atom. The Bertz CT molecular complexity index is 488. The van der Waals surface area contributed by atoms with Gasteiger partial charge in [0, 0.05) is 0 Å². The molecule has 23 heavy (non-hydrogen) atoms. The van der Waals surface area contributed by atoms with Crippen LogP contribution in [0.3, 0.4) is 0 Å². The van der Waals surface area contributed by atoms with Crippen molar-refractivity contribution in [3.05, 3.63) is 42.5 Å². The van der Waals surface area contributed by atoms with Crippen molar-refractivity contribution >= 4 is 0 Å². The number of methoxy groups -OCH3 is 1. The van der Waals surface area contributed by atoms with E-state index in [1.807, 2.05) is 24.3 Å². The molecule has 128 valence electrons. The van der Waals surface area contributed by atoms with Gasteiger partial charge in [0.15, 0.2) is 6.29 Å². The Balaban J connectivity index is 1.98. The first-order chi connectivity index (χ1) is 11.1. The Hall–Kier alpha value is -1.44. The van der Waals surface area contributed by atoms with Crippen molar-refractivity contribution in [2.75, 3.05) is 13.7 Å². The van der Waals surface area contributed by atoms with Crippen LogP contribution in [-0.4, -0.2) is 54.6 Å². The summed E-state index contributed by atoms with van der Waals surface area (Å²) in [5.74, 6) is 0.756. The average Bonchev–Trinajstić information content (AvgIpc) is 2.57. The number of aliphatic hydroxyl groups excluding tert-OH is 2. The van der Waals surface area contributed by atoms with Crippen molar-refractivity contribution in [2.45, 2.75) is 44.2 Å². The van der Waals surface area contributed by atoms with E-state index in [0.717, 1.165) is 11.3 Å². The van der Waals surface area contributed by atoms with Gasteiger partial charge in [-0.05, 0) is 24.6 Å². The van der Waals surface area contributed by atoms with Crippen molar-refractivity contribution in [3.63, 3.8) is 0 Å². The van der Waals surface area contributed by atoms with E-state index in [2.05, 4.69) is 6.58 Å². The highest BCUT2D eigenvalue weighted by Gasteiger charge is 2.44. The van der Waals surface area contributed by atoms with Crippen LogP contribution in [0.15, 0.2) is 36.9 Å². The van der Waals surface area contributed by atoms with Crippen LogP contribution in [0.4, 0.5) is 0 Å². The first-order valence-corrected chi connectivity index (χ1v) is 7.55. The smallest absolute Gasteiger partial charge is 0.186 e. The Labute approximate surface area is 136 Å². The molecule has 0 unspecified atom stereocenters. The predicted octanol–water partition coefficient (Wildman–Crippen LogP) is 1.25. The quantitative estimate of drug-likeness (QED) is 0.735. The summed E-state index contributed by atoms with van der Waals surface area (Å²) in [6.07, 6.45) is -2.61. The van der Waals surface area contributed by atoms with Gasteiger partial charge in [-0.25, -0.2) is 0 Å². The molecule has 6 nitrogen and oxygen atoms in total. The van der Waals surface area contributed by atoms with Gasteiger partial charge in [-0.15, -0.1) is 6.58 Å². The summed E-state index contributed by atoms with van der Waals surface area (Å²) in [5.41, 5.74) is 0.910. The number of rotatable bonds is 7. The van der Waals surface area contributed by atoms with E-state index in [-0.39, 0.29) is 13.2 Å². The molecule has 1 aromatic rings. The SMILES string of the molecule is C=CCO[C@H]1O[C@@H](C)[C@H](O)[C@@H](OCc2ccc(OC)cc2)[C@H]1O. The van der Waals surface area contributed by atoms with Gasteiger partial charge in [-0.3, -0.25) is 0 Å². The monoisotopic (exact) mass is 324 g/mol. The molecular formula is C17H24O6. The second-order valence-electron chi connectivity index (χ2n) is 5.44. The highest BCUT2D eigenvalue weighted by atomic mass is 16.7. The van der Waals surface area contributed by atoms with Crippen molar-refractivity contribution in [2.24, 2.45) is 0 Å². The number of aliphatic hydroxyl groups is 2. The van der Waals surface area contributed by atoms with Crippen molar-refractivity contribution in [1.82, 2.24) is 0 Å². The standard InChI is InChI=1S/C17H24O6/c1-4-9-21-17-15(19)16(14(18)11(2)23-17)22-10-12-5-7-13(20-3)8-6-12/h4-8,11,14-19H,1,9-10H2,2-3H3/t11-,14-,15+,16+,17-/m0/s1. The predicted molar refractivity (Wildman–Crippen MR) is 84.1 cm³/mol.